The Balaban J connectivity index is 2.12. The maximum Gasteiger partial charge on any atom is 0.238 e. The van der Waals surface area contributed by atoms with Crippen molar-refractivity contribution in [1.29, 1.82) is 0 Å². The van der Waals surface area contributed by atoms with E-state index < -0.39 is 15.7 Å². The summed E-state index contributed by atoms with van der Waals surface area (Å²) in [5, 5.41) is 1.93. The summed E-state index contributed by atoms with van der Waals surface area (Å²) in [4.78, 5) is 4.86. The molecule has 0 radical (unpaired) electrons. The molecule has 114 valence electrons. The Morgan fingerprint density at radius 1 is 1.23 bits per heavy atom. The fourth-order valence-electron chi connectivity index (χ4n) is 1.82. The molecule has 3 rings (SSSR count). The number of hydrogen-bond acceptors (Lipinski definition) is 6. The minimum Gasteiger partial charge on any atom is -0.428 e. The van der Waals surface area contributed by atoms with Gasteiger partial charge in [-0.05, 0) is 42.0 Å². The van der Waals surface area contributed by atoms with E-state index in [1.54, 1.807) is 12.3 Å². The van der Waals surface area contributed by atoms with E-state index in [1.807, 2.05) is 11.4 Å². The summed E-state index contributed by atoms with van der Waals surface area (Å²) < 4.78 is 43.8. The summed E-state index contributed by atoms with van der Waals surface area (Å²) >= 11 is 2.57. The molecule has 0 amide bonds. The Hall–Kier alpha value is -1.64. The molecule has 0 atom stereocenters. The van der Waals surface area contributed by atoms with Gasteiger partial charge >= 0.3 is 0 Å². The van der Waals surface area contributed by atoms with Crippen LogP contribution in [-0.2, 0) is 9.84 Å². The van der Waals surface area contributed by atoms with Gasteiger partial charge in [0, 0.05) is 0 Å². The lowest BCUT2D eigenvalue weighted by atomic mass is 10.4. The predicted molar refractivity (Wildman–Crippen MR) is 83.4 cm³/mol. The molecule has 0 N–H and O–H groups in total. The predicted octanol–water partition coefficient (Wildman–Crippen LogP) is 4.10. The van der Waals surface area contributed by atoms with Crippen LogP contribution in [-0.4, -0.2) is 19.7 Å². The van der Waals surface area contributed by atoms with Crippen LogP contribution in [0.1, 0.15) is 0 Å². The molecule has 0 spiro atoms. The van der Waals surface area contributed by atoms with Crippen molar-refractivity contribution < 1.29 is 17.2 Å². The van der Waals surface area contributed by atoms with Crippen molar-refractivity contribution in [3.05, 3.63) is 47.6 Å². The second-order valence-corrected chi connectivity index (χ2v) is 7.84. The van der Waals surface area contributed by atoms with Crippen molar-refractivity contribution in [1.82, 2.24) is 4.98 Å². The number of nitrogens with zero attached hydrogens (tertiary/aromatic N) is 1. The average Bonchev–Trinajstić information content (AvgIpc) is 3.16. The van der Waals surface area contributed by atoms with Gasteiger partial charge in [0.15, 0.2) is 0 Å². The molecule has 0 aliphatic carbocycles. The molecule has 0 unspecified atom stereocenters. The van der Waals surface area contributed by atoms with Crippen LogP contribution in [0.5, 0.6) is 0 Å². The van der Waals surface area contributed by atoms with Crippen molar-refractivity contribution in [2.45, 2.75) is 15.0 Å². The lowest BCUT2D eigenvalue weighted by Gasteiger charge is -2.01. The molecule has 0 saturated heterocycles. The monoisotopic (exact) mass is 355 g/mol. The first-order valence-electron chi connectivity index (χ1n) is 6.11. The maximum absolute atomic E-state index is 13.0. The fraction of sp³-hybridized carbons (Fsp3) is 0.0714. The van der Waals surface area contributed by atoms with Crippen LogP contribution < -0.4 is 0 Å². The first-order chi connectivity index (χ1) is 10.5. The third-order valence-corrected chi connectivity index (χ3v) is 6.18. The molecule has 0 saturated carbocycles. The lowest BCUT2D eigenvalue weighted by Crippen LogP contribution is -2.03. The summed E-state index contributed by atoms with van der Waals surface area (Å²) in [7, 11) is -3.86. The van der Waals surface area contributed by atoms with Gasteiger partial charge in [0.05, 0.1) is 9.77 Å². The van der Waals surface area contributed by atoms with E-state index in [4.69, 9.17) is 4.42 Å². The molecule has 3 aromatic rings. The molecule has 22 heavy (non-hydrogen) atoms. The van der Waals surface area contributed by atoms with E-state index >= 15 is 0 Å². The molecule has 0 aliphatic rings. The van der Waals surface area contributed by atoms with Crippen LogP contribution in [0, 0.1) is 5.82 Å². The fourth-order valence-corrected chi connectivity index (χ4v) is 4.61. The van der Waals surface area contributed by atoms with Gasteiger partial charge < -0.3 is 4.42 Å². The number of sulfone groups is 1. The first kappa shape index (κ1) is 15.3. The van der Waals surface area contributed by atoms with Crippen LogP contribution in [0.3, 0.4) is 0 Å². The van der Waals surface area contributed by atoms with Crippen molar-refractivity contribution in [2.24, 2.45) is 0 Å². The second-order valence-electron chi connectivity index (χ2n) is 4.25. The van der Waals surface area contributed by atoms with E-state index in [-0.39, 0.29) is 20.9 Å². The smallest absolute Gasteiger partial charge is 0.238 e. The average molecular weight is 355 g/mol. The topological polar surface area (TPSA) is 60.2 Å². The number of thiophene rings is 1. The summed E-state index contributed by atoms with van der Waals surface area (Å²) in [5.74, 6) is -0.233. The van der Waals surface area contributed by atoms with Gasteiger partial charge in [0.2, 0.25) is 25.8 Å². The first-order valence-corrected chi connectivity index (χ1v) is 9.70. The van der Waals surface area contributed by atoms with Gasteiger partial charge in [0.25, 0.3) is 0 Å². The molecule has 4 nitrogen and oxygen atoms in total. The zero-order valence-electron chi connectivity index (χ0n) is 11.3. The van der Waals surface area contributed by atoms with Gasteiger partial charge in [-0.2, -0.15) is 4.98 Å². The minimum absolute atomic E-state index is 0.0183. The molecule has 0 aliphatic heterocycles. The van der Waals surface area contributed by atoms with Crippen LogP contribution in [0.25, 0.3) is 10.8 Å². The molecule has 0 fully saturated rings. The number of oxazole rings is 1. The highest BCUT2D eigenvalue weighted by Gasteiger charge is 2.28. The summed E-state index contributed by atoms with van der Waals surface area (Å²) in [6, 6.07) is 8.27. The Labute approximate surface area is 134 Å². The Kier molecular flexibility index (Phi) is 4.07. The number of hydrogen-bond donors (Lipinski definition) is 0. The quantitative estimate of drug-likeness (QED) is 0.521. The molecule has 8 heteroatoms. The van der Waals surface area contributed by atoms with E-state index in [0.717, 1.165) is 28.8 Å². The number of aromatic nitrogens is 1. The minimum atomic E-state index is -3.86. The SMILES string of the molecule is CSc1oc(-c2cccs2)nc1S(=O)(=O)c1ccc(F)cc1. The van der Waals surface area contributed by atoms with Crippen LogP contribution >= 0.6 is 23.1 Å². The number of halogens is 1. The summed E-state index contributed by atoms with van der Waals surface area (Å²) in [5.41, 5.74) is 0. The molecule has 1 aromatic carbocycles. The molecule has 2 heterocycles. The Bertz CT molecular complexity index is 884. The lowest BCUT2D eigenvalue weighted by molar-refractivity contribution is 0.472. The molecule has 0 bridgehead atoms. The summed E-state index contributed by atoms with van der Waals surface area (Å²) in [6.07, 6.45) is 1.71. The van der Waals surface area contributed by atoms with Crippen molar-refractivity contribution in [3.63, 3.8) is 0 Å². The zero-order chi connectivity index (χ0) is 15.7. The number of thioether (sulfide) groups is 1. The summed E-state index contributed by atoms with van der Waals surface area (Å²) in [6.45, 7) is 0. The standard InChI is InChI=1S/C14H10FNO3S3/c1-20-14-13(16-12(19-14)11-3-2-8-21-11)22(17,18)10-6-4-9(15)5-7-10/h2-8H,1H3. The molecular weight excluding hydrogens is 345 g/mol. The van der Waals surface area contributed by atoms with Crippen LogP contribution in [0.4, 0.5) is 4.39 Å². The highest BCUT2D eigenvalue weighted by Crippen LogP contribution is 2.35. The Morgan fingerprint density at radius 3 is 2.55 bits per heavy atom. The third-order valence-electron chi connectivity index (χ3n) is 2.86. The van der Waals surface area contributed by atoms with Crippen molar-refractivity contribution in [3.8, 4) is 10.8 Å². The van der Waals surface area contributed by atoms with Crippen molar-refractivity contribution >= 4 is 32.9 Å². The van der Waals surface area contributed by atoms with E-state index in [2.05, 4.69) is 4.98 Å². The van der Waals surface area contributed by atoms with Gasteiger partial charge in [-0.15, -0.1) is 11.3 Å². The van der Waals surface area contributed by atoms with Crippen LogP contribution in [0.15, 0.2) is 61.2 Å². The van der Waals surface area contributed by atoms with E-state index in [9.17, 15) is 12.8 Å². The highest BCUT2D eigenvalue weighted by molar-refractivity contribution is 7.99. The Morgan fingerprint density at radius 2 is 1.95 bits per heavy atom. The van der Waals surface area contributed by atoms with Gasteiger partial charge in [-0.25, -0.2) is 12.8 Å². The van der Waals surface area contributed by atoms with Gasteiger partial charge in [-0.1, -0.05) is 17.8 Å². The number of benzene rings is 1. The molecule has 2 aromatic heterocycles. The van der Waals surface area contributed by atoms with E-state index in [0.29, 0.717) is 0 Å². The largest absolute Gasteiger partial charge is 0.428 e. The third kappa shape index (κ3) is 2.69. The van der Waals surface area contributed by atoms with E-state index in [1.165, 1.54) is 23.5 Å². The normalized spacial score (nSPS) is 11.7. The highest BCUT2D eigenvalue weighted by atomic mass is 32.2. The van der Waals surface area contributed by atoms with Crippen molar-refractivity contribution in [2.75, 3.05) is 6.26 Å². The van der Waals surface area contributed by atoms with Gasteiger partial charge in [-0.3, -0.25) is 0 Å². The van der Waals surface area contributed by atoms with Gasteiger partial charge in [0.1, 0.15) is 5.82 Å². The zero-order valence-corrected chi connectivity index (χ0v) is 13.8. The number of rotatable bonds is 4. The molecular formula is C14H10FNO3S3. The maximum atomic E-state index is 13.0. The van der Waals surface area contributed by atoms with Crippen LogP contribution in [0.2, 0.25) is 0 Å². The second kappa shape index (κ2) is 5.86.